The van der Waals surface area contributed by atoms with E-state index in [0.717, 1.165) is 11.3 Å². The molecule has 1 aromatic carbocycles. The minimum Gasteiger partial charge on any atom is -0.465 e. The molecule has 2 rings (SSSR count). The van der Waals surface area contributed by atoms with E-state index in [1.807, 2.05) is 18.2 Å². The van der Waals surface area contributed by atoms with Crippen molar-refractivity contribution in [2.75, 3.05) is 7.11 Å². The smallest absolute Gasteiger partial charge is 0.338 e. The molecular weight excluding hydrogens is 232 g/mol. The van der Waals surface area contributed by atoms with Crippen molar-refractivity contribution in [1.29, 1.82) is 0 Å². The first-order chi connectivity index (χ1) is 8.81. The van der Waals surface area contributed by atoms with Gasteiger partial charge in [-0.3, -0.25) is 0 Å². The fraction of sp³-hybridized carbons (Fsp3) is 0.231. The van der Waals surface area contributed by atoms with Gasteiger partial charge in [0.25, 0.3) is 0 Å². The highest BCUT2D eigenvalue weighted by molar-refractivity contribution is 5.90. The predicted molar refractivity (Wildman–Crippen MR) is 64.8 cm³/mol. The molecule has 0 atom stereocenters. The Bertz CT molecular complexity index is 509. The largest absolute Gasteiger partial charge is 0.465 e. The van der Waals surface area contributed by atoms with Gasteiger partial charge in [0.05, 0.1) is 25.4 Å². The Hall–Kier alpha value is -2.14. The number of benzene rings is 1. The molecule has 0 amide bonds. The van der Waals surface area contributed by atoms with Crippen LogP contribution in [0.3, 0.4) is 0 Å². The summed E-state index contributed by atoms with van der Waals surface area (Å²) < 4.78 is 9.70. The Labute approximate surface area is 105 Å². The zero-order valence-electron chi connectivity index (χ0n) is 10.1. The number of carbonyl (C=O) groups excluding carboxylic acids is 1. The number of ether oxygens (including phenoxy) is 1. The van der Waals surface area contributed by atoms with Crippen molar-refractivity contribution in [1.82, 2.24) is 10.5 Å². The predicted octanol–water partition coefficient (Wildman–Crippen LogP) is 1.75. The average Bonchev–Trinajstić information content (AvgIpc) is 2.92. The number of hydrogen-bond donors (Lipinski definition) is 1. The van der Waals surface area contributed by atoms with E-state index in [-0.39, 0.29) is 5.97 Å². The second kappa shape index (κ2) is 5.97. The summed E-state index contributed by atoms with van der Waals surface area (Å²) in [5, 5.41) is 6.80. The minimum atomic E-state index is -0.327. The molecule has 0 unspecified atom stereocenters. The SMILES string of the molecule is COC(=O)c1ccccc1CNCc1ccno1. The molecule has 0 aliphatic carbocycles. The summed E-state index contributed by atoms with van der Waals surface area (Å²) in [7, 11) is 1.38. The fourth-order valence-corrected chi connectivity index (χ4v) is 1.64. The lowest BCUT2D eigenvalue weighted by Crippen LogP contribution is -2.15. The molecule has 1 heterocycles. The summed E-state index contributed by atoms with van der Waals surface area (Å²) in [6.45, 7) is 1.13. The molecular formula is C13H14N2O3. The summed E-state index contributed by atoms with van der Waals surface area (Å²) in [5.74, 6) is 0.428. The summed E-state index contributed by atoms with van der Waals surface area (Å²) in [6, 6.07) is 9.13. The lowest BCUT2D eigenvalue weighted by molar-refractivity contribution is 0.0599. The van der Waals surface area contributed by atoms with Crippen molar-refractivity contribution < 1.29 is 14.1 Å². The summed E-state index contributed by atoms with van der Waals surface area (Å²) in [4.78, 5) is 11.5. The first-order valence-electron chi connectivity index (χ1n) is 5.57. The Morgan fingerprint density at radius 1 is 1.33 bits per heavy atom. The molecule has 0 saturated carbocycles. The highest BCUT2D eigenvalue weighted by atomic mass is 16.5. The second-order valence-corrected chi connectivity index (χ2v) is 3.73. The quantitative estimate of drug-likeness (QED) is 0.814. The van der Waals surface area contributed by atoms with Gasteiger partial charge in [-0.2, -0.15) is 0 Å². The van der Waals surface area contributed by atoms with Crippen LogP contribution < -0.4 is 5.32 Å². The van der Waals surface area contributed by atoms with Crippen LogP contribution in [0.1, 0.15) is 21.7 Å². The molecule has 0 aliphatic rings. The number of hydrogen-bond acceptors (Lipinski definition) is 5. The molecule has 1 N–H and O–H groups in total. The van der Waals surface area contributed by atoms with E-state index < -0.39 is 0 Å². The number of nitrogens with zero attached hydrogens (tertiary/aromatic N) is 1. The van der Waals surface area contributed by atoms with Crippen molar-refractivity contribution in [2.24, 2.45) is 0 Å². The molecule has 18 heavy (non-hydrogen) atoms. The van der Waals surface area contributed by atoms with Crippen molar-refractivity contribution in [3.05, 3.63) is 53.4 Å². The van der Waals surface area contributed by atoms with E-state index in [4.69, 9.17) is 9.26 Å². The summed E-state index contributed by atoms with van der Waals surface area (Å²) in [6.07, 6.45) is 1.60. The monoisotopic (exact) mass is 246 g/mol. The number of esters is 1. The molecule has 0 radical (unpaired) electrons. The third-order valence-electron chi connectivity index (χ3n) is 2.53. The van der Waals surface area contributed by atoms with E-state index in [0.29, 0.717) is 18.7 Å². The molecule has 94 valence electrons. The molecule has 0 bridgehead atoms. The first-order valence-corrected chi connectivity index (χ1v) is 5.57. The summed E-state index contributed by atoms with van der Waals surface area (Å²) >= 11 is 0. The molecule has 0 saturated heterocycles. The van der Waals surface area contributed by atoms with Gasteiger partial charge in [-0.1, -0.05) is 23.4 Å². The standard InChI is InChI=1S/C13H14N2O3/c1-17-13(16)12-5-3-2-4-10(12)8-14-9-11-6-7-15-18-11/h2-7,14H,8-9H2,1H3. The van der Waals surface area contributed by atoms with Crippen LogP contribution in [0.15, 0.2) is 41.1 Å². The Morgan fingerprint density at radius 3 is 2.89 bits per heavy atom. The third-order valence-corrected chi connectivity index (χ3v) is 2.53. The highest BCUT2D eigenvalue weighted by Crippen LogP contribution is 2.10. The van der Waals surface area contributed by atoms with Gasteiger partial charge in [0, 0.05) is 12.6 Å². The van der Waals surface area contributed by atoms with Gasteiger partial charge in [-0.05, 0) is 11.6 Å². The number of carbonyl (C=O) groups is 1. The molecule has 2 aromatic rings. The number of aromatic nitrogens is 1. The lowest BCUT2D eigenvalue weighted by atomic mass is 10.1. The zero-order chi connectivity index (χ0) is 12.8. The van der Waals surface area contributed by atoms with Crippen LogP contribution >= 0.6 is 0 Å². The van der Waals surface area contributed by atoms with E-state index >= 15 is 0 Å². The van der Waals surface area contributed by atoms with E-state index in [2.05, 4.69) is 10.5 Å². The second-order valence-electron chi connectivity index (χ2n) is 3.73. The van der Waals surface area contributed by atoms with Crippen LogP contribution in [-0.4, -0.2) is 18.2 Å². The van der Waals surface area contributed by atoms with Gasteiger partial charge in [-0.25, -0.2) is 4.79 Å². The number of nitrogens with one attached hydrogen (secondary N) is 1. The summed E-state index contributed by atoms with van der Waals surface area (Å²) in [5.41, 5.74) is 1.47. The normalized spacial score (nSPS) is 10.3. The molecule has 0 fully saturated rings. The lowest BCUT2D eigenvalue weighted by Gasteiger charge is -2.07. The van der Waals surface area contributed by atoms with Crippen molar-refractivity contribution in [3.63, 3.8) is 0 Å². The number of rotatable bonds is 5. The molecule has 5 heteroatoms. The number of methoxy groups -OCH3 is 1. The highest BCUT2D eigenvalue weighted by Gasteiger charge is 2.10. The van der Waals surface area contributed by atoms with Crippen LogP contribution in [0.25, 0.3) is 0 Å². The van der Waals surface area contributed by atoms with E-state index in [1.54, 1.807) is 18.3 Å². The Balaban J connectivity index is 1.98. The maximum atomic E-state index is 11.5. The maximum Gasteiger partial charge on any atom is 0.338 e. The van der Waals surface area contributed by atoms with Gasteiger partial charge < -0.3 is 14.6 Å². The molecule has 0 spiro atoms. The van der Waals surface area contributed by atoms with Crippen LogP contribution in [0.4, 0.5) is 0 Å². The molecule has 1 aromatic heterocycles. The molecule has 0 aliphatic heterocycles. The van der Waals surface area contributed by atoms with E-state index in [1.165, 1.54) is 7.11 Å². The topological polar surface area (TPSA) is 64.4 Å². The van der Waals surface area contributed by atoms with Gasteiger partial charge in [-0.15, -0.1) is 0 Å². The van der Waals surface area contributed by atoms with Crippen molar-refractivity contribution in [3.8, 4) is 0 Å². The van der Waals surface area contributed by atoms with Crippen LogP contribution in [0.5, 0.6) is 0 Å². The van der Waals surface area contributed by atoms with Gasteiger partial charge in [0.2, 0.25) is 0 Å². The maximum absolute atomic E-state index is 11.5. The van der Waals surface area contributed by atoms with Crippen LogP contribution in [0, 0.1) is 0 Å². The Kier molecular flexibility index (Phi) is 4.09. The van der Waals surface area contributed by atoms with Crippen LogP contribution in [-0.2, 0) is 17.8 Å². The Morgan fingerprint density at radius 2 is 2.17 bits per heavy atom. The van der Waals surface area contributed by atoms with Crippen molar-refractivity contribution >= 4 is 5.97 Å². The fourth-order valence-electron chi connectivity index (χ4n) is 1.64. The third kappa shape index (κ3) is 2.95. The first kappa shape index (κ1) is 12.3. The molecule has 5 nitrogen and oxygen atoms in total. The van der Waals surface area contributed by atoms with Crippen molar-refractivity contribution in [2.45, 2.75) is 13.1 Å². The minimum absolute atomic E-state index is 0.327. The average molecular weight is 246 g/mol. The zero-order valence-corrected chi connectivity index (χ0v) is 10.1. The van der Waals surface area contributed by atoms with Gasteiger partial charge in [0.15, 0.2) is 0 Å². The van der Waals surface area contributed by atoms with Gasteiger partial charge in [0.1, 0.15) is 5.76 Å². The van der Waals surface area contributed by atoms with Gasteiger partial charge >= 0.3 is 5.97 Å². The van der Waals surface area contributed by atoms with Crippen LogP contribution in [0.2, 0.25) is 0 Å². The van der Waals surface area contributed by atoms with E-state index in [9.17, 15) is 4.79 Å².